The van der Waals surface area contributed by atoms with E-state index in [1.165, 1.54) is 0 Å². The first-order valence-electron chi connectivity index (χ1n) is 5.89. The molecule has 0 bridgehead atoms. The number of hydrogen-bond acceptors (Lipinski definition) is 3. The molecule has 1 aromatic carbocycles. The van der Waals surface area contributed by atoms with Crippen LogP contribution in [0.25, 0.3) is 10.9 Å². The van der Waals surface area contributed by atoms with Gasteiger partial charge in [0.15, 0.2) is 0 Å². The standard InChI is InChI=1S/C15H14ClNO2/c1-3-4-7-19-10-12-8-11-5-6-13(18-2)9-14(11)17-15(12)16/h1,5-6,8-9H,4,7,10H2,2H3. The smallest absolute Gasteiger partial charge is 0.135 e. The minimum absolute atomic E-state index is 0.412. The largest absolute Gasteiger partial charge is 0.497 e. The van der Waals surface area contributed by atoms with E-state index in [0.29, 0.717) is 24.8 Å². The number of benzene rings is 1. The Morgan fingerprint density at radius 2 is 2.21 bits per heavy atom. The van der Waals surface area contributed by atoms with E-state index in [-0.39, 0.29) is 0 Å². The van der Waals surface area contributed by atoms with Crippen LogP contribution in [0.3, 0.4) is 0 Å². The number of aromatic nitrogens is 1. The third-order valence-corrected chi connectivity index (χ3v) is 3.03. The summed E-state index contributed by atoms with van der Waals surface area (Å²) >= 11 is 6.14. The fourth-order valence-corrected chi connectivity index (χ4v) is 1.91. The van der Waals surface area contributed by atoms with Crippen molar-refractivity contribution in [3.63, 3.8) is 0 Å². The second kappa shape index (κ2) is 6.42. The van der Waals surface area contributed by atoms with Gasteiger partial charge in [0, 0.05) is 23.4 Å². The Hall–Kier alpha value is -1.76. The van der Waals surface area contributed by atoms with Crippen LogP contribution in [0.2, 0.25) is 5.15 Å². The highest BCUT2D eigenvalue weighted by Crippen LogP contribution is 2.24. The Kier molecular flexibility index (Phi) is 4.62. The molecule has 1 heterocycles. The van der Waals surface area contributed by atoms with Crippen molar-refractivity contribution < 1.29 is 9.47 Å². The van der Waals surface area contributed by atoms with Gasteiger partial charge in [0.1, 0.15) is 10.9 Å². The summed E-state index contributed by atoms with van der Waals surface area (Å²) in [6.07, 6.45) is 5.75. The van der Waals surface area contributed by atoms with Crippen molar-refractivity contribution in [3.8, 4) is 18.1 Å². The predicted molar refractivity (Wildman–Crippen MR) is 76.4 cm³/mol. The fourth-order valence-electron chi connectivity index (χ4n) is 1.71. The Morgan fingerprint density at radius 1 is 1.37 bits per heavy atom. The van der Waals surface area contributed by atoms with Gasteiger partial charge in [-0.05, 0) is 18.2 Å². The average Bonchev–Trinajstić information content (AvgIpc) is 2.43. The highest BCUT2D eigenvalue weighted by Gasteiger charge is 2.06. The summed E-state index contributed by atoms with van der Waals surface area (Å²) in [4.78, 5) is 4.35. The number of nitrogens with zero attached hydrogens (tertiary/aromatic N) is 1. The Morgan fingerprint density at radius 3 is 2.95 bits per heavy atom. The van der Waals surface area contributed by atoms with E-state index < -0.39 is 0 Å². The maximum Gasteiger partial charge on any atom is 0.135 e. The zero-order valence-corrected chi connectivity index (χ0v) is 11.4. The number of fused-ring (bicyclic) bond motifs is 1. The van der Waals surface area contributed by atoms with Crippen LogP contribution in [0.15, 0.2) is 24.3 Å². The van der Waals surface area contributed by atoms with Crippen LogP contribution in [-0.2, 0) is 11.3 Å². The van der Waals surface area contributed by atoms with Crippen LogP contribution < -0.4 is 4.74 Å². The van der Waals surface area contributed by atoms with E-state index in [9.17, 15) is 0 Å². The SMILES string of the molecule is C#CCCOCc1cc2ccc(OC)cc2nc1Cl. The van der Waals surface area contributed by atoms with Crippen LogP contribution >= 0.6 is 11.6 Å². The lowest BCUT2D eigenvalue weighted by Gasteiger charge is -2.07. The van der Waals surface area contributed by atoms with Gasteiger partial charge in [0.25, 0.3) is 0 Å². The molecule has 0 saturated carbocycles. The van der Waals surface area contributed by atoms with Crippen LogP contribution in [0.4, 0.5) is 0 Å². The average molecular weight is 276 g/mol. The van der Waals surface area contributed by atoms with Gasteiger partial charge in [-0.3, -0.25) is 0 Å². The van der Waals surface area contributed by atoms with Crippen molar-refractivity contribution in [1.82, 2.24) is 4.98 Å². The summed E-state index contributed by atoms with van der Waals surface area (Å²) in [5, 5.41) is 1.45. The normalized spacial score (nSPS) is 10.4. The molecule has 0 aliphatic heterocycles. The zero-order chi connectivity index (χ0) is 13.7. The molecular formula is C15H14ClNO2. The van der Waals surface area contributed by atoms with Crippen LogP contribution in [-0.4, -0.2) is 18.7 Å². The number of pyridine rings is 1. The number of rotatable bonds is 5. The van der Waals surface area contributed by atoms with E-state index in [4.69, 9.17) is 27.5 Å². The third kappa shape index (κ3) is 3.37. The van der Waals surface area contributed by atoms with Gasteiger partial charge in [-0.2, -0.15) is 0 Å². The molecule has 0 amide bonds. The van der Waals surface area contributed by atoms with E-state index in [2.05, 4.69) is 10.9 Å². The lowest BCUT2D eigenvalue weighted by molar-refractivity contribution is 0.126. The van der Waals surface area contributed by atoms with Gasteiger partial charge in [-0.1, -0.05) is 11.6 Å². The first-order valence-corrected chi connectivity index (χ1v) is 6.27. The minimum atomic E-state index is 0.412. The molecule has 0 spiro atoms. The maximum atomic E-state index is 6.14. The van der Waals surface area contributed by atoms with Crippen LogP contribution in [0, 0.1) is 12.3 Å². The van der Waals surface area contributed by atoms with Crippen LogP contribution in [0.1, 0.15) is 12.0 Å². The van der Waals surface area contributed by atoms with Gasteiger partial charge in [-0.15, -0.1) is 12.3 Å². The van der Waals surface area contributed by atoms with Crippen molar-refractivity contribution in [2.75, 3.05) is 13.7 Å². The topological polar surface area (TPSA) is 31.4 Å². The zero-order valence-electron chi connectivity index (χ0n) is 10.6. The summed E-state index contributed by atoms with van der Waals surface area (Å²) in [5.74, 6) is 3.28. The molecule has 0 atom stereocenters. The molecular weight excluding hydrogens is 262 g/mol. The van der Waals surface area contributed by atoms with E-state index >= 15 is 0 Å². The van der Waals surface area contributed by atoms with Crippen molar-refractivity contribution in [3.05, 3.63) is 35.0 Å². The monoisotopic (exact) mass is 275 g/mol. The molecule has 19 heavy (non-hydrogen) atoms. The molecule has 0 saturated heterocycles. The number of halogens is 1. The van der Waals surface area contributed by atoms with Gasteiger partial charge in [0.2, 0.25) is 0 Å². The highest BCUT2D eigenvalue weighted by molar-refractivity contribution is 6.30. The van der Waals surface area contributed by atoms with Crippen molar-refractivity contribution in [2.24, 2.45) is 0 Å². The molecule has 3 nitrogen and oxygen atoms in total. The van der Waals surface area contributed by atoms with Crippen molar-refractivity contribution in [2.45, 2.75) is 13.0 Å². The molecule has 2 rings (SSSR count). The van der Waals surface area contributed by atoms with Crippen molar-refractivity contribution >= 4 is 22.5 Å². The van der Waals surface area contributed by atoms with E-state index in [0.717, 1.165) is 22.2 Å². The summed E-state index contributed by atoms with van der Waals surface area (Å²) < 4.78 is 10.6. The quantitative estimate of drug-likeness (QED) is 0.476. The Bertz CT molecular complexity index is 619. The molecule has 0 N–H and O–H groups in total. The lowest BCUT2D eigenvalue weighted by Crippen LogP contribution is -1.97. The summed E-state index contributed by atoms with van der Waals surface area (Å²) in [6.45, 7) is 0.933. The Balaban J connectivity index is 2.22. The number of hydrogen-bond donors (Lipinski definition) is 0. The molecule has 0 aliphatic rings. The first kappa shape index (κ1) is 13.7. The van der Waals surface area contributed by atoms with Gasteiger partial charge in [-0.25, -0.2) is 4.98 Å². The predicted octanol–water partition coefficient (Wildman–Crippen LogP) is 3.44. The fraction of sp³-hybridized carbons (Fsp3) is 0.267. The van der Waals surface area contributed by atoms with Crippen LogP contribution in [0.5, 0.6) is 5.75 Å². The van der Waals surface area contributed by atoms with E-state index in [1.807, 2.05) is 24.3 Å². The van der Waals surface area contributed by atoms with Gasteiger partial charge < -0.3 is 9.47 Å². The molecule has 4 heteroatoms. The second-order valence-corrected chi connectivity index (χ2v) is 4.36. The third-order valence-electron chi connectivity index (χ3n) is 2.70. The first-order chi connectivity index (χ1) is 9.24. The Labute approximate surface area is 117 Å². The highest BCUT2D eigenvalue weighted by atomic mass is 35.5. The molecule has 0 unspecified atom stereocenters. The molecule has 2 aromatic rings. The summed E-state index contributed by atoms with van der Waals surface area (Å²) in [5.41, 5.74) is 1.66. The summed E-state index contributed by atoms with van der Waals surface area (Å²) in [7, 11) is 1.62. The number of terminal acetylenes is 1. The summed E-state index contributed by atoms with van der Waals surface area (Å²) in [6, 6.07) is 7.66. The molecule has 1 aromatic heterocycles. The molecule has 0 aliphatic carbocycles. The molecule has 0 radical (unpaired) electrons. The lowest BCUT2D eigenvalue weighted by atomic mass is 10.1. The van der Waals surface area contributed by atoms with Gasteiger partial charge >= 0.3 is 0 Å². The number of ether oxygens (including phenoxy) is 2. The second-order valence-electron chi connectivity index (χ2n) is 4.00. The minimum Gasteiger partial charge on any atom is -0.497 e. The van der Waals surface area contributed by atoms with Gasteiger partial charge in [0.05, 0.1) is 25.8 Å². The van der Waals surface area contributed by atoms with Crippen molar-refractivity contribution in [1.29, 1.82) is 0 Å². The molecule has 98 valence electrons. The van der Waals surface area contributed by atoms with E-state index in [1.54, 1.807) is 7.11 Å². The molecule has 0 fully saturated rings. The number of methoxy groups -OCH3 is 1. The maximum absolute atomic E-state index is 6.14.